The molecule has 0 amide bonds. The molecule has 0 bridgehead atoms. The van der Waals surface area contributed by atoms with E-state index in [2.05, 4.69) is 22.6 Å². The van der Waals surface area contributed by atoms with Crippen LogP contribution in [0.1, 0.15) is 11.1 Å². The Morgan fingerprint density at radius 2 is 1.95 bits per heavy atom. The lowest BCUT2D eigenvalue weighted by Crippen LogP contribution is -1.97. The topological polar surface area (TPSA) is 46.5 Å². The number of halogens is 1. The van der Waals surface area contributed by atoms with E-state index in [0.29, 0.717) is 12.4 Å². The molecule has 20 heavy (non-hydrogen) atoms. The summed E-state index contributed by atoms with van der Waals surface area (Å²) < 4.78 is 6.79. The van der Waals surface area contributed by atoms with Crippen molar-refractivity contribution in [1.29, 1.82) is 0 Å². The van der Waals surface area contributed by atoms with Crippen LogP contribution >= 0.6 is 22.6 Å². The second kappa shape index (κ2) is 7.09. The van der Waals surface area contributed by atoms with Gasteiger partial charge < -0.3 is 9.84 Å². The molecule has 0 aliphatic heterocycles. The van der Waals surface area contributed by atoms with Gasteiger partial charge in [0.2, 0.25) is 0 Å². The molecular formula is C16H13IO3. The molecule has 1 N–H and O–H groups in total. The molecular weight excluding hydrogens is 367 g/mol. The van der Waals surface area contributed by atoms with Crippen LogP contribution in [0.2, 0.25) is 0 Å². The van der Waals surface area contributed by atoms with E-state index >= 15 is 0 Å². The van der Waals surface area contributed by atoms with Gasteiger partial charge in [-0.2, -0.15) is 0 Å². The molecule has 102 valence electrons. The van der Waals surface area contributed by atoms with Crippen molar-refractivity contribution < 1.29 is 14.6 Å². The van der Waals surface area contributed by atoms with E-state index in [1.807, 2.05) is 48.5 Å². The van der Waals surface area contributed by atoms with Crippen molar-refractivity contribution in [2.75, 3.05) is 0 Å². The van der Waals surface area contributed by atoms with Crippen LogP contribution in [0.15, 0.2) is 54.6 Å². The minimum Gasteiger partial charge on any atom is -0.488 e. The standard InChI is InChI=1S/C16H13IO3/c17-14-7-8-15(13(10-14)6-9-16(18)19)20-11-12-4-2-1-3-5-12/h1-10H,11H2,(H,18,19)/b9-6+. The quantitative estimate of drug-likeness (QED) is 0.631. The Hall–Kier alpha value is -1.82. The van der Waals surface area contributed by atoms with Crippen molar-refractivity contribution in [2.24, 2.45) is 0 Å². The molecule has 4 heteroatoms. The Balaban J connectivity index is 2.16. The van der Waals surface area contributed by atoms with E-state index in [0.717, 1.165) is 20.8 Å². The van der Waals surface area contributed by atoms with Crippen molar-refractivity contribution in [2.45, 2.75) is 6.61 Å². The molecule has 0 fully saturated rings. The summed E-state index contributed by atoms with van der Waals surface area (Å²) in [4.78, 5) is 10.6. The molecule has 0 saturated carbocycles. The van der Waals surface area contributed by atoms with Gasteiger partial charge in [-0.15, -0.1) is 0 Å². The monoisotopic (exact) mass is 380 g/mol. The van der Waals surface area contributed by atoms with Crippen molar-refractivity contribution in [3.8, 4) is 5.75 Å². The molecule has 2 rings (SSSR count). The molecule has 3 nitrogen and oxygen atoms in total. The average Bonchev–Trinajstić information content (AvgIpc) is 2.45. The molecule has 0 aliphatic rings. The number of aliphatic carboxylic acids is 1. The number of carboxylic acids is 1. The molecule has 0 radical (unpaired) electrons. The fourth-order valence-corrected chi connectivity index (χ4v) is 2.19. The molecule has 0 atom stereocenters. The predicted molar refractivity (Wildman–Crippen MR) is 86.6 cm³/mol. The molecule has 0 unspecified atom stereocenters. The smallest absolute Gasteiger partial charge is 0.328 e. The molecule has 2 aromatic carbocycles. The van der Waals surface area contributed by atoms with E-state index < -0.39 is 5.97 Å². The van der Waals surface area contributed by atoms with Crippen LogP contribution in [0.3, 0.4) is 0 Å². The third-order valence-electron chi connectivity index (χ3n) is 2.61. The van der Waals surface area contributed by atoms with Gasteiger partial charge in [0, 0.05) is 15.2 Å². The lowest BCUT2D eigenvalue weighted by Gasteiger charge is -2.09. The van der Waals surface area contributed by atoms with E-state index in [1.165, 1.54) is 0 Å². The van der Waals surface area contributed by atoms with E-state index in [1.54, 1.807) is 6.08 Å². The summed E-state index contributed by atoms with van der Waals surface area (Å²) in [6.07, 6.45) is 2.66. The first kappa shape index (κ1) is 14.6. The van der Waals surface area contributed by atoms with E-state index in [4.69, 9.17) is 9.84 Å². The zero-order valence-electron chi connectivity index (χ0n) is 10.6. The highest BCUT2D eigenvalue weighted by molar-refractivity contribution is 14.1. The van der Waals surface area contributed by atoms with Crippen LogP contribution in [0, 0.1) is 3.57 Å². The molecule has 0 saturated heterocycles. The average molecular weight is 380 g/mol. The van der Waals surface area contributed by atoms with Gasteiger partial charge in [-0.25, -0.2) is 4.79 Å². The second-order valence-electron chi connectivity index (χ2n) is 4.13. The molecule has 0 aromatic heterocycles. The minimum atomic E-state index is -0.974. The fourth-order valence-electron chi connectivity index (χ4n) is 1.68. The Morgan fingerprint density at radius 1 is 1.20 bits per heavy atom. The van der Waals surface area contributed by atoms with Crippen molar-refractivity contribution in [1.82, 2.24) is 0 Å². The van der Waals surface area contributed by atoms with Crippen molar-refractivity contribution in [3.05, 3.63) is 69.3 Å². The lowest BCUT2D eigenvalue weighted by molar-refractivity contribution is -0.131. The summed E-state index contributed by atoms with van der Waals surface area (Å²) in [6, 6.07) is 15.5. The second-order valence-corrected chi connectivity index (χ2v) is 5.37. The van der Waals surface area contributed by atoms with Gasteiger partial charge in [0.05, 0.1) is 0 Å². The number of benzene rings is 2. The Bertz CT molecular complexity index is 621. The number of hydrogen-bond donors (Lipinski definition) is 1. The SMILES string of the molecule is O=C(O)/C=C/c1cc(I)ccc1OCc1ccccc1. The summed E-state index contributed by atoms with van der Waals surface area (Å²) >= 11 is 2.18. The Labute approximate surface area is 131 Å². The first-order valence-electron chi connectivity index (χ1n) is 6.02. The summed E-state index contributed by atoms with van der Waals surface area (Å²) in [5, 5.41) is 8.71. The first-order chi connectivity index (χ1) is 9.65. The number of carboxylic acid groups (broad SMARTS) is 1. The summed E-state index contributed by atoms with van der Waals surface area (Å²) in [5.41, 5.74) is 1.83. The third kappa shape index (κ3) is 4.38. The molecule has 2 aromatic rings. The number of rotatable bonds is 5. The fraction of sp³-hybridized carbons (Fsp3) is 0.0625. The lowest BCUT2D eigenvalue weighted by atomic mass is 10.2. The van der Waals surface area contributed by atoms with Crippen LogP contribution in [0.5, 0.6) is 5.75 Å². The van der Waals surface area contributed by atoms with E-state index in [-0.39, 0.29) is 0 Å². The minimum absolute atomic E-state index is 0.454. The molecule has 0 aliphatic carbocycles. The maximum atomic E-state index is 10.6. The summed E-state index contributed by atoms with van der Waals surface area (Å²) in [5.74, 6) is -0.301. The number of hydrogen-bond acceptors (Lipinski definition) is 2. The number of ether oxygens (including phenoxy) is 1. The highest BCUT2D eigenvalue weighted by Crippen LogP contribution is 2.23. The summed E-state index contributed by atoms with van der Waals surface area (Å²) in [6.45, 7) is 0.454. The Kier molecular flexibility index (Phi) is 5.17. The van der Waals surface area contributed by atoms with Gasteiger partial charge in [0.25, 0.3) is 0 Å². The van der Waals surface area contributed by atoms with Crippen LogP contribution in [0.25, 0.3) is 6.08 Å². The van der Waals surface area contributed by atoms with Crippen LogP contribution in [-0.4, -0.2) is 11.1 Å². The van der Waals surface area contributed by atoms with Crippen LogP contribution in [-0.2, 0) is 11.4 Å². The number of carbonyl (C=O) groups is 1. The van der Waals surface area contributed by atoms with Gasteiger partial charge in [-0.1, -0.05) is 30.3 Å². The largest absolute Gasteiger partial charge is 0.488 e. The van der Waals surface area contributed by atoms with Crippen molar-refractivity contribution >= 4 is 34.6 Å². The molecule has 0 spiro atoms. The van der Waals surface area contributed by atoms with Crippen molar-refractivity contribution in [3.63, 3.8) is 0 Å². The zero-order valence-corrected chi connectivity index (χ0v) is 12.8. The Morgan fingerprint density at radius 3 is 2.65 bits per heavy atom. The molecule has 0 heterocycles. The zero-order chi connectivity index (χ0) is 14.4. The first-order valence-corrected chi connectivity index (χ1v) is 7.10. The summed E-state index contributed by atoms with van der Waals surface area (Å²) in [7, 11) is 0. The maximum absolute atomic E-state index is 10.6. The van der Waals surface area contributed by atoms with E-state index in [9.17, 15) is 4.79 Å². The predicted octanol–water partition coefficient (Wildman–Crippen LogP) is 3.97. The van der Waals surface area contributed by atoms with Gasteiger partial charge in [-0.3, -0.25) is 0 Å². The van der Waals surface area contributed by atoms with Gasteiger partial charge >= 0.3 is 5.97 Å². The third-order valence-corrected chi connectivity index (χ3v) is 3.29. The highest BCUT2D eigenvalue weighted by atomic mass is 127. The van der Waals surface area contributed by atoms with Gasteiger partial charge in [0.15, 0.2) is 0 Å². The van der Waals surface area contributed by atoms with Gasteiger partial charge in [-0.05, 0) is 52.4 Å². The van der Waals surface area contributed by atoms with Gasteiger partial charge in [0.1, 0.15) is 12.4 Å². The normalized spacial score (nSPS) is 10.7. The van der Waals surface area contributed by atoms with Crippen LogP contribution < -0.4 is 4.74 Å². The maximum Gasteiger partial charge on any atom is 0.328 e. The van der Waals surface area contributed by atoms with Crippen LogP contribution in [0.4, 0.5) is 0 Å². The highest BCUT2D eigenvalue weighted by Gasteiger charge is 2.03.